The van der Waals surface area contributed by atoms with Crippen molar-refractivity contribution in [2.24, 2.45) is 0 Å². The molecule has 6 rings (SSSR count). The highest BCUT2D eigenvalue weighted by Gasteiger charge is 2.34. The molecule has 202 valence electrons. The SMILES string of the molecule is COc1ccc2c(c1)C(=O)N(C)C2.O=C1NC(=O)C(c2cc3c(o2)CCN(C(=O)Nc2cccnc2)CC3)N1. The van der Waals surface area contributed by atoms with Crippen LogP contribution in [0.15, 0.2) is 53.2 Å². The van der Waals surface area contributed by atoms with E-state index in [1.165, 1.54) is 0 Å². The maximum atomic E-state index is 12.4. The molecule has 0 aliphatic carbocycles. The Bertz CT molecular complexity index is 1400. The van der Waals surface area contributed by atoms with Crippen molar-refractivity contribution in [1.82, 2.24) is 25.4 Å². The van der Waals surface area contributed by atoms with Crippen LogP contribution < -0.4 is 20.7 Å². The van der Waals surface area contributed by atoms with Crippen LogP contribution >= 0.6 is 0 Å². The largest absolute Gasteiger partial charge is 0.497 e. The molecule has 0 bridgehead atoms. The molecule has 1 fully saturated rings. The number of anilines is 1. The van der Waals surface area contributed by atoms with Crippen LogP contribution in [0.25, 0.3) is 0 Å². The van der Waals surface area contributed by atoms with Crippen molar-refractivity contribution in [3.05, 3.63) is 77.0 Å². The van der Waals surface area contributed by atoms with Gasteiger partial charge in [-0.15, -0.1) is 0 Å². The molecule has 1 saturated heterocycles. The fraction of sp³-hybridized carbons (Fsp3) is 0.296. The number of imide groups is 1. The summed E-state index contributed by atoms with van der Waals surface area (Å²) in [7, 11) is 3.40. The molecule has 3 aliphatic heterocycles. The number of fused-ring (bicyclic) bond motifs is 2. The first-order chi connectivity index (χ1) is 18.8. The van der Waals surface area contributed by atoms with E-state index in [0.29, 0.717) is 43.9 Å². The first-order valence-corrected chi connectivity index (χ1v) is 12.4. The standard InChI is InChI=1S/C17H17N5O4.C10H11NO2/c23-15-14(20-16(24)21-15)13-8-10-3-6-22(7-4-12(10)26-13)17(25)19-11-2-1-5-18-9-11;1-11-6-7-3-4-8(13-2)5-9(7)10(11)12/h1-2,5,8-9,14H,3-4,6-7H2,(H,19,25)(H2,20,21,23,24);3-5H,6H2,1-2H3. The average Bonchev–Trinajstić information content (AvgIpc) is 3.54. The topological polar surface area (TPSA) is 146 Å². The number of nitrogens with one attached hydrogen (secondary N) is 3. The second-order valence-electron chi connectivity index (χ2n) is 9.34. The lowest BCUT2D eigenvalue weighted by Gasteiger charge is -2.20. The van der Waals surface area contributed by atoms with Gasteiger partial charge < -0.3 is 29.6 Å². The van der Waals surface area contributed by atoms with Gasteiger partial charge in [-0.3, -0.25) is 19.9 Å². The summed E-state index contributed by atoms with van der Waals surface area (Å²) in [6, 6.07) is 9.43. The molecular weight excluding hydrogens is 504 g/mol. The zero-order valence-corrected chi connectivity index (χ0v) is 21.5. The minimum atomic E-state index is -0.792. The molecule has 1 aromatic carbocycles. The number of methoxy groups -OCH3 is 1. The second kappa shape index (κ2) is 10.9. The summed E-state index contributed by atoms with van der Waals surface area (Å²) in [5, 5.41) is 7.53. The van der Waals surface area contributed by atoms with Gasteiger partial charge >= 0.3 is 12.1 Å². The Hall–Kier alpha value is -4.87. The number of ether oxygens (including phenoxy) is 1. The highest BCUT2D eigenvalue weighted by Crippen LogP contribution is 2.27. The molecule has 0 saturated carbocycles. The molecule has 39 heavy (non-hydrogen) atoms. The highest BCUT2D eigenvalue weighted by atomic mass is 16.5. The van der Waals surface area contributed by atoms with E-state index >= 15 is 0 Å². The Morgan fingerprint density at radius 1 is 1.13 bits per heavy atom. The molecule has 0 spiro atoms. The molecule has 12 heteroatoms. The number of furan rings is 1. The van der Waals surface area contributed by atoms with E-state index in [-0.39, 0.29) is 11.9 Å². The highest BCUT2D eigenvalue weighted by molar-refractivity contribution is 6.04. The first kappa shape index (κ1) is 25.8. The van der Waals surface area contributed by atoms with Crippen LogP contribution in [0.2, 0.25) is 0 Å². The van der Waals surface area contributed by atoms with Crippen LogP contribution in [0.5, 0.6) is 5.75 Å². The number of hydrogen-bond acceptors (Lipinski definition) is 7. The number of rotatable bonds is 3. The zero-order valence-electron chi connectivity index (χ0n) is 21.5. The number of hydrogen-bond donors (Lipinski definition) is 3. The van der Waals surface area contributed by atoms with Gasteiger partial charge in [-0.1, -0.05) is 6.07 Å². The third kappa shape index (κ3) is 5.54. The van der Waals surface area contributed by atoms with Gasteiger partial charge in [0, 0.05) is 44.9 Å². The summed E-state index contributed by atoms with van der Waals surface area (Å²) < 4.78 is 10.8. The van der Waals surface area contributed by atoms with E-state index in [0.717, 1.165) is 28.2 Å². The smallest absolute Gasteiger partial charge is 0.322 e. The molecule has 5 heterocycles. The Kier molecular flexibility index (Phi) is 7.17. The Balaban J connectivity index is 0.000000198. The van der Waals surface area contributed by atoms with Gasteiger partial charge in [-0.05, 0) is 47.9 Å². The second-order valence-corrected chi connectivity index (χ2v) is 9.34. The predicted molar refractivity (Wildman–Crippen MR) is 139 cm³/mol. The van der Waals surface area contributed by atoms with Crippen molar-refractivity contribution in [1.29, 1.82) is 0 Å². The van der Waals surface area contributed by atoms with Crippen LogP contribution in [-0.2, 0) is 24.2 Å². The van der Waals surface area contributed by atoms with Crippen LogP contribution in [0, 0.1) is 0 Å². The summed E-state index contributed by atoms with van der Waals surface area (Å²) in [5.74, 6) is 1.56. The lowest BCUT2D eigenvalue weighted by Crippen LogP contribution is -2.36. The van der Waals surface area contributed by atoms with E-state index in [9.17, 15) is 19.2 Å². The number of pyridine rings is 1. The van der Waals surface area contributed by atoms with Crippen molar-refractivity contribution in [2.75, 3.05) is 32.6 Å². The number of amides is 6. The minimum Gasteiger partial charge on any atom is -0.497 e. The lowest BCUT2D eigenvalue weighted by atomic mass is 10.1. The monoisotopic (exact) mass is 532 g/mol. The van der Waals surface area contributed by atoms with Gasteiger partial charge in [0.2, 0.25) is 0 Å². The zero-order chi connectivity index (χ0) is 27.5. The number of carbonyl (C=O) groups is 4. The summed E-state index contributed by atoms with van der Waals surface area (Å²) in [4.78, 5) is 54.3. The van der Waals surface area contributed by atoms with E-state index in [4.69, 9.17) is 9.15 Å². The Morgan fingerprint density at radius 3 is 2.67 bits per heavy atom. The van der Waals surface area contributed by atoms with E-state index < -0.39 is 18.0 Å². The average molecular weight is 533 g/mol. The normalized spacial score (nSPS) is 17.8. The van der Waals surface area contributed by atoms with Gasteiger partial charge in [0.05, 0.1) is 19.0 Å². The van der Waals surface area contributed by atoms with Gasteiger partial charge in [-0.2, -0.15) is 0 Å². The van der Waals surface area contributed by atoms with E-state index in [2.05, 4.69) is 20.9 Å². The maximum absolute atomic E-state index is 12.4. The van der Waals surface area contributed by atoms with Crippen molar-refractivity contribution < 1.29 is 28.3 Å². The van der Waals surface area contributed by atoms with Crippen LogP contribution in [0.1, 0.15) is 39.0 Å². The number of urea groups is 2. The Morgan fingerprint density at radius 2 is 1.95 bits per heavy atom. The molecule has 3 aromatic rings. The molecule has 12 nitrogen and oxygen atoms in total. The van der Waals surface area contributed by atoms with Crippen LogP contribution in [-0.4, -0.2) is 65.9 Å². The van der Waals surface area contributed by atoms with E-state index in [1.807, 2.05) is 12.1 Å². The van der Waals surface area contributed by atoms with Crippen molar-refractivity contribution >= 4 is 29.6 Å². The van der Waals surface area contributed by atoms with E-state index in [1.54, 1.807) is 60.6 Å². The molecule has 6 amide bonds. The van der Waals surface area contributed by atoms with Gasteiger partial charge in [0.25, 0.3) is 11.8 Å². The predicted octanol–water partition coefficient (Wildman–Crippen LogP) is 2.47. The summed E-state index contributed by atoms with van der Waals surface area (Å²) in [6.45, 7) is 1.73. The lowest BCUT2D eigenvalue weighted by molar-refractivity contribution is -0.120. The molecule has 2 aromatic heterocycles. The van der Waals surface area contributed by atoms with Crippen LogP contribution in [0.3, 0.4) is 0 Å². The van der Waals surface area contributed by atoms with Crippen molar-refractivity contribution in [3.63, 3.8) is 0 Å². The summed E-state index contributed by atoms with van der Waals surface area (Å²) in [5.41, 5.74) is 3.43. The first-order valence-electron chi connectivity index (χ1n) is 12.4. The molecule has 3 N–H and O–H groups in total. The third-order valence-corrected chi connectivity index (χ3v) is 6.74. The van der Waals surface area contributed by atoms with Crippen molar-refractivity contribution in [2.45, 2.75) is 25.4 Å². The van der Waals surface area contributed by atoms with Crippen LogP contribution in [0.4, 0.5) is 15.3 Å². The number of benzene rings is 1. The molecule has 3 aliphatic rings. The number of nitrogens with zero attached hydrogens (tertiary/aromatic N) is 3. The van der Waals surface area contributed by atoms with Gasteiger partial charge in [0.1, 0.15) is 17.3 Å². The van der Waals surface area contributed by atoms with Gasteiger partial charge in [-0.25, -0.2) is 9.59 Å². The minimum absolute atomic E-state index is 0.0777. The molecule has 1 unspecified atom stereocenters. The summed E-state index contributed by atoms with van der Waals surface area (Å²) >= 11 is 0. The maximum Gasteiger partial charge on any atom is 0.322 e. The summed E-state index contributed by atoms with van der Waals surface area (Å²) in [6.07, 6.45) is 4.39. The molecular formula is C27H28N6O6. The molecule has 1 atom stereocenters. The fourth-order valence-corrected chi connectivity index (χ4v) is 4.67. The molecule has 0 radical (unpaired) electrons. The fourth-order valence-electron chi connectivity index (χ4n) is 4.67. The quantitative estimate of drug-likeness (QED) is 0.439. The number of aromatic nitrogens is 1. The number of carbonyl (C=O) groups excluding carboxylic acids is 4. The Labute approximate surface area is 224 Å². The van der Waals surface area contributed by atoms with Crippen molar-refractivity contribution in [3.8, 4) is 5.75 Å². The van der Waals surface area contributed by atoms with Gasteiger partial charge in [0.15, 0.2) is 6.04 Å². The third-order valence-electron chi connectivity index (χ3n) is 6.74.